The van der Waals surface area contributed by atoms with Crippen molar-refractivity contribution >= 4 is 5.96 Å². The van der Waals surface area contributed by atoms with Crippen LogP contribution in [0.2, 0.25) is 0 Å². The summed E-state index contributed by atoms with van der Waals surface area (Å²) in [5.74, 6) is 1.64. The molecule has 0 aliphatic carbocycles. The summed E-state index contributed by atoms with van der Waals surface area (Å²) in [6.45, 7) is 5.31. The smallest absolute Gasteiger partial charge is 0.191 e. The molecule has 0 radical (unpaired) electrons. The SMILES string of the molecule is CCCCOCCCNC(=NC)NCc1ccnc(-n2ccnc2)c1. The first-order valence-electron chi connectivity index (χ1n) is 8.79. The molecule has 2 N–H and O–H groups in total. The van der Waals surface area contributed by atoms with Crippen molar-refractivity contribution < 1.29 is 4.74 Å². The number of hydrogen-bond acceptors (Lipinski definition) is 4. The molecular formula is C18H28N6O. The number of nitrogens with zero attached hydrogens (tertiary/aromatic N) is 4. The van der Waals surface area contributed by atoms with Crippen LogP contribution >= 0.6 is 0 Å². The number of unbranched alkanes of at least 4 members (excludes halogenated alkanes) is 1. The summed E-state index contributed by atoms with van der Waals surface area (Å²) in [6, 6.07) is 4.02. The molecule has 0 saturated heterocycles. The molecule has 136 valence electrons. The van der Waals surface area contributed by atoms with Gasteiger partial charge in [-0.3, -0.25) is 9.56 Å². The summed E-state index contributed by atoms with van der Waals surface area (Å²) < 4.78 is 7.44. The van der Waals surface area contributed by atoms with Gasteiger partial charge in [-0.1, -0.05) is 13.3 Å². The summed E-state index contributed by atoms with van der Waals surface area (Å²) in [4.78, 5) is 12.7. The fraction of sp³-hybridized carbons (Fsp3) is 0.500. The highest BCUT2D eigenvalue weighted by molar-refractivity contribution is 5.79. The molecule has 0 fully saturated rings. The molecule has 2 aromatic heterocycles. The number of aromatic nitrogens is 3. The average molecular weight is 344 g/mol. The Labute approximate surface area is 149 Å². The Morgan fingerprint density at radius 1 is 1.24 bits per heavy atom. The van der Waals surface area contributed by atoms with E-state index in [9.17, 15) is 0 Å². The van der Waals surface area contributed by atoms with Crippen molar-refractivity contribution in [3.05, 3.63) is 42.6 Å². The zero-order valence-corrected chi connectivity index (χ0v) is 15.1. The summed E-state index contributed by atoms with van der Waals surface area (Å²) in [5.41, 5.74) is 1.13. The number of hydrogen-bond donors (Lipinski definition) is 2. The molecule has 7 nitrogen and oxygen atoms in total. The van der Waals surface area contributed by atoms with Crippen molar-refractivity contribution in [2.75, 3.05) is 26.8 Å². The van der Waals surface area contributed by atoms with E-state index in [2.05, 4.69) is 32.5 Å². The third-order valence-electron chi connectivity index (χ3n) is 3.66. The number of imidazole rings is 1. The number of guanidine groups is 1. The maximum atomic E-state index is 5.55. The van der Waals surface area contributed by atoms with Crippen molar-refractivity contribution in [2.45, 2.75) is 32.7 Å². The second-order valence-corrected chi connectivity index (χ2v) is 5.66. The van der Waals surface area contributed by atoms with Crippen LogP contribution in [0.4, 0.5) is 0 Å². The molecule has 0 aliphatic heterocycles. The van der Waals surface area contributed by atoms with Gasteiger partial charge in [0.25, 0.3) is 0 Å². The van der Waals surface area contributed by atoms with Crippen LogP contribution in [0.25, 0.3) is 5.82 Å². The molecule has 0 amide bonds. The maximum absolute atomic E-state index is 5.55. The van der Waals surface area contributed by atoms with Crippen molar-refractivity contribution in [3.8, 4) is 5.82 Å². The van der Waals surface area contributed by atoms with Gasteiger partial charge in [0.2, 0.25) is 0 Å². The Balaban J connectivity index is 1.71. The Bertz CT molecular complexity index is 626. The van der Waals surface area contributed by atoms with Gasteiger partial charge in [0.15, 0.2) is 5.96 Å². The Hall–Kier alpha value is -2.41. The molecule has 7 heteroatoms. The topological polar surface area (TPSA) is 76.4 Å². The van der Waals surface area contributed by atoms with Gasteiger partial charge in [-0.2, -0.15) is 0 Å². The third-order valence-corrected chi connectivity index (χ3v) is 3.66. The summed E-state index contributed by atoms with van der Waals surface area (Å²) in [6.07, 6.45) is 10.4. The van der Waals surface area contributed by atoms with Gasteiger partial charge in [0, 0.05) is 51.9 Å². The fourth-order valence-electron chi connectivity index (χ4n) is 2.24. The van der Waals surface area contributed by atoms with E-state index in [0.717, 1.165) is 49.9 Å². The van der Waals surface area contributed by atoms with E-state index in [1.165, 1.54) is 6.42 Å². The molecule has 0 spiro atoms. The minimum Gasteiger partial charge on any atom is -0.381 e. The van der Waals surface area contributed by atoms with Crippen LogP contribution in [0.15, 0.2) is 42.0 Å². The summed E-state index contributed by atoms with van der Waals surface area (Å²) in [7, 11) is 1.77. The van der Waals surface area contributed by atoms with E-state index in [4.69, 9.17) is 4.74 Å². The standard InChI is InChI=1S/C18H28N6O/c1-3-4-11-25-12-5-7-22-18(19-2)23-14-16-6-8-21-17(13-16)24-10-9-20-15-24/h6,8-10,13,15H,3-5,7,11-12,14H2,1-2H3,(H2,19,22,23). The molecular weight excluding hydrogens is 316 g/mol. The number of aliphatic imine (C=N–C) groups is 1. The molecule has 25 heavy (non-hydrogen) atoms. The highest BCUT2D eigenvalue weighted by Crippen LogP contribution is 2.06. The van der Waals surface area contributed by atoms with Crippen LogP contribution in [0.1, 0.15) is 31.7 Å². The number of rotatable bonds is 10. The van der Waals surface area contributed by atoms with Gasteiger partial charge in [0.1, 0.15) is 12.1 Å². The van der Waals surface area contributed by atoms with Gasteiger partial charge in [-0.15, -0.1) is 0 Å². The Morgan fingerprint density at radius 3 is 2.88 bits per heavy atom. The molecule has 2 heterocycles. The number of nitrogens with one attached hydrogen (secondary N) is 2. The quantitative estimate of drug-likeness (QED) is 0.392. The van der Waals surface area contributed by atoms with E-state index < -0.39 is 0 Å². The minimum absolute atomic E-state index is 0.677. The van der Waals surface area contributed by atoms with Crippen molar-refractivity contribution in [1.29, 1.82) is 0 Å². The predicted molar refractivity (Wildman–Crippen MR) is 99.9 cm³/mol. The second kappa shape index (κ2) is 11.2. The molecule has 0 saturated carbocycles. The molecule has 0 atom stereocenters. The van der Waals surface area contributed by atoms with Crippen LogP contribution in [0.3, 0.4) is 0 Å². The van der Waals surface area contributed by atoms with E-state index in [0.29, 0.717) is 6.54 Å². The number of pyridine rings is 1. The first-order valence-corrected chi connectivity index (χ1v) is 8.79. The zero-order chi connectivity index (χ0) is 17.7. The van der Waals surface area contributed by atoms with Gasteiger partial charge < -0.3 is 15.4 Å². The predicted octanol–water partition coefficient (Wildman–Crippen LogP) is 2.14. The van der Waals surface area contributed by atoms with Crippen LogP contribution in [0.5, 0.6) is 0 Å². The van der Waals surface area contributed by atoms with E-state index in [-0.39, 0.29) is 0 Å². The summed E-state index contributed by atoms with van der Waals surface area (Å²) >= 11 is 0. The number of ether oxygens (including phenoxy) is 1. The monoisotopic (exact) mass is 344 g/mol. The molecule has 2 rings (SSSR count). The lowest BCUT2D eigenvalue weighted by molar-refractivity contribution is 0.129. The lowest BCUT2D eigenvalue weighted by Crippen LogP contribution is -2.37. The molecule has 0 aromatic carbocycles. The van der Waals surface area contributed by atoms with Crippen molar-refractivity contribution in [1.82, 2.24) is 25.2 Å². The second-order valence-electron chi connectivity index (χ2n) is 5.66. The largest absolute Gasteiger partial charge is 0.381 e. The van der Waals surface area contributed by atoms with E-state index >= 15 is 0 Å². The van der Waals surface area contributed by atoms with Crippen LogP contribution in [-0.4, -0.2) is 47.3 Å². The first kappa shape index (κ1) is 18.9. The van der Waals surface area contributed by atoms with E-state index in [1.807, 2.05) is 22.9 Å². The molecule has 0 aliphatic rings. The third kappa shape index (κ3) is 6.93. The van der Waals surface area contributed by atoms with Crippen LogP contribution in [0, 0.1) is 0 Å². The maximum Gasteiger partial charge on any atom is 0.191 e. The molecule has 0 bridgehead atoms. The zero-order valence-electron chi connectivity index (χ0n) is 15.1. The fourth-order valence-corrected chi connectivity index (χ4v) is 2.24. The highest BCUT2D eigenvalue weighted by Gasteiger charge is 2.01. The van der Waals surface area contributed by atoms with Crippen molar-refractivity contribution in [3.63, 3.8) is 0 Å². The Kier molecular flexibility index (Phi) is 8.48. The first-order chi connectivity index (χ1) is 12.3. The lowest BCUT2D eigenvalue weighted by atomic mass is 10.2. The highest BCUT2D eigenvalue weighted by atomic mass is 16.5. The van der Waals surface area contributed by atoms with Gasteiger partial charge in [-0.05, 0) is 30.5 Å². The average Bonchev–Trinajstić information content (AvgIpc) is 3.18. The molecule has 2 aromatic rings. The van der Waals surface area contributed by atoms with Gasteiger partial charge in [0.05, 0.1) is 0 Å². The summed E-state index contributed by atoms with van der Waals surface area (Å²) in [5, 5.41) is 6.62. The Morgan fingerprint density at radius 2 is 2.12 bits per heavy atom. The van der Waals surface area contributed by atoms with Gasteiger partial charge in [-0.25, -0.2) is 9.97 Å². The minimum atomic E-state index is 0.677. The van der Waals surface area contributed by atoms with Crippen LogP contribution in [-0.2, 0) is 11.3 Å². The van der Waals surface area contributed by atoms with Gasteiger partial charge >= 0.3 is 0 Å². The van der Waals surface area contributed by atoms with Crippen LogP contribution < -0.4 is 10.6 Å². The molecule has 0 unspecified atom stereocenters. The van der Waals surface area contributed by atoms with Crippen molar-refractivity contribution in [2.24, 2.45) is 4.99 Å². The normalized spacial score (nSPS) is 11.5. The van der Waals surface area contributed by atoms with E-state index in [1.54, 1.807) is 25.8 Å². The lowest BCUT2D eigenvalue weighted by Gasteiger charge is -2.12.